The summed E-state index contributed by atoms with van der Waals surface area (Å²) < 4.78 is 38.9. The first kappa shape index (κ1) is 18.7. The Bertz CT molecular complexity index is 772. The summed E-state index contributed by atoms with van der Waals surface area (Å²) in [6.07, 6.45) is -5.06. The first-order valence-corrected chi connectivity index (χ1v) is 7.51. The molecule has 0 radical (unpaired) electrons. The van der Waals surface area contributed by atoms with Gasteiger partial charge in [0.05, 0.1) is 6.54 Å². The molecule has 1 atom stereocenters. The van der Waals surface area contributed by atoms with Crippen LogP contribution in [0.15, 0.2) is 42.5 Å². The van der Waals surface area contributed by atoms with E-state index in [9.17, 15) is 22.8 Å². The monoisotopic (exact) mass is 354 g/mol. The van der Waals surface area contributed by atoms with Crippen LogP contribution in [0.5, 0.6) is 0 Å². The molecule has 0 heterocycles. The quantitative estimate of drug-likeness (QED) is 0.783. The topological polar surface area (TPSA) is 69.6 Å². The maximum atomic E-state index is 13.0. The van der Waals surface area contributed by atoms with E-state index >= 15 is 0 Å². The zero-order chi connectivity index (χ0) is 18.6. The number of nitrogens with one attached hydrogen (secondary N) is 1. The highest BCUT2D eigenvalue weighted by Crippen LogP contribution is 2.24. The number of aliphatic carboxylic acids is 1. The minimum Gasteiger partial charge on any atom is -0.480 e. The third kappa shape index (κ3) is 4.48. The largest absolute Gasteiger partial charge is 0.487 e. The molecule has 0 bridgehead atoms. The number of carboxylic acids is 1. The molecule has 0 aliphatic rings. The molecule has 0 aromatic heterocycles. The number of carbonyl (C=O) groups is 2. The Morgan fingerprint density at radius 1 is 1.16 bits per heavy atom. The zero-order valence-corrected chi connectivity index (χ0v) is 13.4. The third-order valence-electron chi connectivity index (χ3n) is 3.76. The van der Waals surface area contributed by atoms with Crippen molar-refractivity contribution in [1.29, 1.82) is 0 Å². The van der Waals surface area contributed by atoms with Gasteiger partial charge in [-0.3, -0.25) is 4.79 Å². The highest BCUT2D eigenvalue weighted by Gasteiger charge is 2.46. The molecule has 0 aliphatic heterocycles. The van der Waals surface area contributed by atoms with Crippen LogP contribution in [-0.2, 0) is 16.1 Å². The lowest BCUT2D eigenvalue weighted by atomic mass is 10.0. The van der Waals surface area contributed by atoms with Gasteiger partial charge in [0.25, 0.3) is 0 Å². The fourth-order valence-electron chi connectivity index (χ4n) is 2.52. The normalized spacial score (nSPS) is 12.8. The van der Waals surface area contributed by atoms with Crippen molar-refractivity contribution >= 4 is 22.6 Å². The molecule has 2 aromatic carbocycles. The van der Waals surface area contributed by atoms with Crippen molar-refractivity contribution in [2.24, 2.45) is 0 Å². The number of carbonyl (C=O) groups excluding carboxylic acids is 1. The number of benzene rings is 2. The number of hydrogen-bond donors (Lipinski definition) is 2. The maximum absolute atomic E-state index is 13.0. The van der Waals surface area contributed by atoms with Gasteiger partial charge in [0.1, 0.15) is 6.04 Å². The Balaban J connectivity index is 2.06. The van der Waals surface area contributed by atoms with Gasteiger partial charge in [0.15, 0.2) is 0 Å². The molecular formula is C17H17F3N2O3. The van der Waals surface area contributed by atoms with E-state index in [1.807, 2.05) is 36.4 Å². The highest BCUT2D eigenvalue weighted by atomic mass is 19.4. The molecule has 0 saturated carbocycles. The Morgan fingerprint density at radius 2 is 1.80 bits per heavy atom. The standard InChI is InChI=1S/C17H17F3N2O3/c1-11(16(24)25)22(17(18,19)20)15(23)10-21-9-13-7-4-6-12-5-2-3-8-14(12)13/h2-8,11,21H,9-10H2,1H3,(H,24,25). The van der Waals surface area contributed by atoms with Crippen LogP contribution >= 0.6 is 0 Å². The molecule has 0 fully saturated rings. The Hall–Kier alpha value is -2.61. The van der Waals surface area contributed by atoms with Crippen LogP contribution < -0.4 is 5.32 Å². The molecule has 5 nitrogen and oxygen atoms in total. The number of nitrogens with zero attached hydrogens (tertiary/aromatic N) is 1. The number of carboxylic acid groups (broad SMARTS) is 1. The maximum Gasteiger partial charge on any atom is 0.487 e. The average molecular weight is 354 g/mol. The fraction of sp³-hybridized carbons (Fsp3) is 0.294. The van der Waals surface area contributed by atoms with Crippen molar-refractivity contribution in [3.63, 3.8) is 0 Å². The van der Waals surface area contributed by atoms with E-state index < -0.39 is 35.7 Å². The summed E-state index contributed by atoms with van der Waals surface area (Å²) in [6, 6.07) is 11.0. The SMILES string of the molecule is CC(C(=O)O)N(C(=O)CNCc1cccc2ccccc12)C(F)(F)F. The van der Waals surface area contributed by atoms with Gasteiger partial charge in [-0.05, 0) is 23.3 Å². The van der Waals surface area contributed by atoms with Gasteiger partial charge < -0.3 is 10.4 Å². The molecule has 1 unspecified atom stereocenters. The summed E-state index contributed by atoms with van der Waals surface area (Å²) >= 11 is 0. The second kappa shape index (κ2) is 7.52. The van der Waals surface area contributed by atoms with Crippen LogP contribution in [0.2, 0.25) is 0 Å². The van der Waals surface area contributed by atoms with Crippen LogP contribution in [-0.4, -0.2) is 40.8 Å². The van der Waals surface area contributed by atoms with Crippen molar-refractivity contribution < 1.29 is 27.9 Å². The predicted octanol–water partition coefficient (Wildman–Crippen LogP) is 2.75. The number of amides is 1. The molecule has 2 N–H and O–H groups in total. The first-order chi connectivity index (χ1) is 11.7. The van der Waals surface area contributed by atoms with Crippen molar-refractivity contribution in [3.8, 4) is 0 Å². The van der Waals surface area contributed by atoms with Crippen molar-refractivity contribution in [3.05, 3.63) is 48.0 Å². The van der Waals surface area contributed by atoms with Crippen LogP contribution in [0.1, 0.15) is 12.5 Å². The van der Waals surface area contributed by atoms with E-state index in [1.54, 1.807) is 6.07 Å². The summed E-state index contributed by atoms with van der Waals surface area (Å²) in [5.41, 5.74) is 0.829. The zero-order valence-electron chi connectivity index (χ0n) is 13.4. The number of rotatable bonds is 6. The molecule has 25 heavy (non-hydrogen) atoms. The van der Waals surface area contributed by atoms with E-state index in [0.717, 1.165) is 23.3 Å². The number of alkyl halides is 3. The van der Waals surface area contributed by atoms with E-state index in [1.165, 1.54) is 0 Å². The van der Waals surface area contributed by atoms with Crippen LogP contribution in [0.25, 0.3) is 10.8 Å². The lowest BCUT2D eigenvalue weighted by molar-refractivity contribution is -0.250. The molecule has 134 valence electrons. The van der Waals surface area contributed by atoms with Crippen LogP contribution in [0.4, 0.5) is 13.2 Å². The second-order valence-electron chi connectivity index (χ2n) is 5.49. The van der Waals surface area contributed by atoms with E-state index in [-0.39, 0.29) is 6.54 Å². The third-order valence-corrected chi connectivity index (χ3v) is 3.76. The Labute approximate surface area is 142 Å². The van der Waals surface area contributed by atoms with Gasteiger partial charge in [-0.15, -0.1) is 13.2 Å². The summed E-state index contributed by atoms with van der Waals surface area (Å²) in [5, 5.41) is 13.3. The Kier molecular flexibility index (Phi) is 5.63. The number of halogens is 3. The molecule has 8 heteroatoms. The van der Waals surface area contributed by atoms with Crippen molar-refractivity contribution in [2.45, 2.75) is 25.8 Å². The molecule has 1 amide bonds. The highest BCUT2D eigenvalue weighted by molar-refractivity contribution is 5.86. The van der Waals surface area contributed by atoms with Crippen molar-refractivity contribution in [1.82, 2.24) is 10.2 Å². The minimum absolute atomic E-state index is 0.181. The molecule has 2 aromatic rings. The van der Waals surface area contributed by atoms with Crippen LogP contribution in [0.3, 0.4) is 0 Å². The van der Waals surface area contributed by atoms with Crippen LogP contribution in [0, 0.1) is 0 Å². The number of hydrogen-bond acceptors (Lipinski definition) is 3. The van der Waals surface area contributed by atoms with Crippen molar-refractivity contribution in [2.75, 3.05) is 6.54 Å². The van der Waals surface area contributed by atoms with Gasteiger partial charge >= 0.3 is 12.3 Å². The second-order valence-corrected chi connectivity index (χ2v) is 5.49. The summed E-state index contributed by atoms with van der Waals surface area (Å²) in [6.45, 7) is 0.374. The lowest BCUT2D eigenvalue weighted by Crippen LogP contribution is -2.53. The molecular weight excluding hydrogens is 337 g/mol. The molecule has 0 spiro atoms. The summed E-state index contributed by atoms with van der Waals surface area (Å²) in [7, 11) is 0. The first-order valence-electron chi connectivity index (χ1n) is 7.51. The smallest absolute Gasteiger partial charge is 0.480 e. The minimum atomic E-state index is -5.06. The van der Waals surface area contributed by atoms with E-state index in [2.05, 4.69) is 5.32 Å². The number of fused-ring (bicyclic) bond motifs is 1. The molecule has 0 saturated heterocycles. The van der Waals surface area contributed by atoms with Gasteiger partial charge in [0, 0.05) is 6.54 Å². The van der Waals surface area contributed by atoms with Gasteiger partial charge in [-0.2, -0.15) is 0 Å². The van der Waals surface area contributed by atoms with Gasteiger partial charge in [0.2, 0.25) is 5.91 Å². The average Bonchev–Trinajstić information content (AvgIpc) is 2.53. The predicted molar refractivity (Wildman–Crippen MR) is 85.7 cm³/mol. The molecule has 2 rings (SSSR count). The van der Waals surface area contributed by atoms with E-state index in [0.29, 0.717) is 0 Å². The summed E-state index contributed by atoms with van der Waals surface area (Å²) in [5.74, 6) is -3.07. The lowest BCUT2D eigenvalue weighted by Gasteiger charge is -2.28. The summed E-state index contributed by atoms with van der Waals surface area (Å²) in [4.78, 5) is 22.1. The van der Waals surface area contributed by atoms with Gasteiger partial charge in [-0.25, -0.2) is 9.69 Å². The fourth-order valence-corrected chi connectivity index (χ4v) is 2.52. The molecule has 0 aliphatic carbocycles. The Morgan fingerprint density at radius 3 is 2.44 bits per heavy atom. The van der Waals surface area contributed by atoms with Gasteiger partial charge in [-0.1, -0.05) is 42.5 Å². The van der Waals surface area contributed by atoms with E-state index in [4.69, 9.17) is 5.11 Å².